The van der Waals surface area contributed by atoms with E-state index in [1.807, 2.05) is 37.4 Å². The number of amides is 1. The Bertz CT molecular complexity index is 982. The molecule has 1 aromatic heterocycles. The molecule has 2 heterocycles. The van der Waals surface area contributed by atoms with Crippen molar-refractivity contribution in [2.75, 3.05) is 13.6 Å². The Labute approximate surface area is 178 Å². The predicted molar refractivity (Wildman–Crippen MR) is 119 cm³/mol. The van der Waals surface area contributed by atoms with Crippen LogP contribution in [-0.4, -0.2) is 39.5 Å². The van der Waals surface area contributed by atoms with Crippen molar-refractivity contribution in [3.8, 4) is 0 Å². The fourth-order valence-corrected chi connectivity index (χ4v) is 4.37. The van der Waals surface area contributed by atoms with Crippen LogP contribution in [0.5, 0.6) is 0 Å². The molecule has 30 heavy (non-hydrogen) atoms. The second-order valence-electron chi connectivity index (χ2n) is 8.25. The van der Waals surface area contributed by atoms with Gasteiger partial charge in [0.05, 0.1) is 23.5 Å². The van der Waals surface area contributed by atoms with E-state index in [1.54, 1.807) is 11.1 Å². The first kappa shape index (κ1) is 20.4. The molecule has 2 aromatic carbocycles. The fraction of sp³-hybridized carbons (Fsp3) is 0.360. The van der Waals surface area contributed by atoms with E-state index < -0.39 is 0 Å². The van der Waals surface area contributed by atoms with Gasteiger partial charge in [-0.15, -0.1) is 0 Å². The van der Waals surface area contributed by atoms with Crippen LogP contribution < -0.4 is 0 Å². The lowest BCUT2D eigenvalue weighted by Crippen LogP contribution is -2.35. The van der Waals surface area contributed by atoms with Gasteiger partial charge in [0.25, 0.3) is 5.91 Å². The number of aryl methyl sites for hydroxylation is 1. The first-order valence-corrected chi connectivity index (χ1v) is 10.7. The summed E-state index contributed by atoms with van der Waals surface area (Å²) in [6, 6.07) is 18.8. The summed E-state index contributed by atoms with van der Waals surface area (Å²) >= 11 is 0. The number of hydrogen-bond acceptors (Lipinski definition) is 3. The molecule has 1 aliphatic rings. The molecule has 1 atom stereocenters. The van der Waals surface area contributed by atoms with Gasteiger partial charge in [0, 0.05) is 20.1 Å². The molecule has 0 unspecified atom stereocenters. The summed E-state index contributed by atoms with van der Waals surface area (Å²) < 4.78 is 0. The van der Waals surface area contributed by atoms with Crippen LogP contribution in [0.25, 0.3) is 0 Å². The van der Waals surface area contributed by atoms with Crippen LogP contribution in [0.2, 0.25) is 0 Å². The van der Waals surface area contributed by atoms with Crippen LogP contribution in [-0.2, 0) is 13.1 Å². The largest absolute Gasteiger partial charge is 0.337 e. The van der Waals surface area contributed by atoms with E-state index in [9.17, 15) is 4.79 Å². The van der Waals surface area contributed by atoms with Crippen LogP contribution in [0.3, 0.4) is 0 Å². The van der Waals surface area contributed by atoms with E-state index >= 15 is 0 Å². The molecule has 0 spiro atoms. The topological polar surface area (TPSA) is 52.2 Å². The molecule has 0 saturated carbocycles. The van der Waals surface area contributed by atoms with Crippen LogP contribution in [0.4, 0.5) is 0 Å². The van der Waals surface area contributed by atoms with Gasteiger partial charge in [-0.05, 0) is 43.0 Å². The van der Waals surface area contributed by atoms with Crippen molar-refractivity contribution in [2.24, 2.45) is 0 Å². The van der Waals surface area contributed by atoms with Crippen molar-refractivity contribution in [3.63, 3.8) is 0 Å². The second kappa shape index (κ2) is 9.26. The zero-order chi connectivity index (χ0) is 20.9. The molecule has 5 heteroatoms. The maximum Gasteiger partial charge on any atom is 0.257 e. The first-order chi connectivity index (χ1) is 14.6. The molecule has 3 aromatic rings. The van der Waals surface area contributed by atoms with Crippen LogP contribution in [0, 0.1) is 6.92 Å². The maximum atomic E-state index is 13.2. The van der Waals surface area contributed by atoms with Gasteiger partial charge in [-0.1, -0.05) is 61.0 Å². The van der Waals surface area contributed by atoms with Crippen molar-refractivity contribution >= 4 is 5.91 Å². The fourth-order valence-electron chi connectivity index (χ4n) is 4.37. The second-order valence-corrected chi connectivity index (χ2v) is 8.25. The Morgan fingerprint density at radius 2 is 1.90 bits per heavy atom. The van der Waals surface area contributed by atoms with E-state index in [0.717, 1.165) is 30.8 Å². The summed E-state index contributed by atoms with van der Waals surface area (Å²) in [4.78, 5) is 17.5. The maximum absolute atomic E-state index is 13.2. The van der Waals surface area contributed by atoms with Crippen LogP contribution in [0.1, 0.15) is 58.0 Å². The van der Waals surface area contributed by atoms with Crippen molar-refractivity contribution in [1.29, 1.82) is 0 Å². The molecule has 4 rings (SSSR count). The molecule has 0 aliphatic carbocycles. The quantitative estimate of drug-likeness (QED) is 0.649. The van der Waals surface area contributed by atoms with E-state index in [2.05, 4.69) is 46.3 Å². The summed E-state index contributed by atoms with van der Waals surface area (Å²) in [6.45, 7) is 4.68. The number of nitrogens with one attached hydrogen (secondary N) is 1. The molecule has 1 N–H and O–H groups in total. The third-order valence-electron chi connectivity index (χ3n) is 6.09. The third kappa shape index (κ3) is 4.46. The molecule has 1 saturated heterocycles. The summed E-state index contributed by atoms with van der Waals surface area (Å²) in [5, 5.41) is 7.43. The Morgan fingerprint density at radius 3 is 2.70 bits per heavy atom. The van der Waals surface area contributed by atoms with Gasteiger partial charge in [-0.2, -0.15) is 5.10 Å². The Hall–Kier alpha value is -2.92. The molecule has 0 bridgehead atoms. The van der Waals surface area contributed by atoms with Crippen molar-refractivity contribution < 1.29 is 4.79 Å². The predicted octanol–water partition coefficient (Wildman–Crippen LogP) is 4.72. The number of carbonyl (C=O) groups is 1. The summed E-state index contributed by atoms with van der Waals surface area (Å²) in [6.07, 6.45) is 5.09. The number of hydrogen-bond donors (Lipinski definition) is 1. The number of H-pyrrole nitrogens is 1. The standard InChI is InChI=1S/C25H30N4O/c1-19-10-6-7-13-21(19)18-29-15-9-8-14-23(29)24-22(16-26-27-24)25(30)28(2)17-20-11-4-3-5-12-20/h3-7,10-13,16,23H,8-9,14-15,17-18H2,1-2H3,(H,26,27)/t23-/m1/s1. The van der Waals surface area contributed by atoms with Gasteiger partial charge in [0.1, 0.15) is 0 Å². The number of benzene rings is 2. The minimum Gasteiger partial charge on any atom is -0.337 e. The van der Waals surface area contributed by atoms with Gasteiger partial charge in [-0.25, -0.2) is 0 Å². The first-order valence-electron chi connectivity index (χ1n) is 10.7. The van der Waals surface area contributed by atoms with E-state index in [0.29, 0.717) is 12.1 Å². The average Bonchev–Trinajstić information content (AvgIpc) is 3.25. The number of carbonyl (C=O) groups excluding carboxylic acids is 1. The lowest BCUT2D eigenvalue weighted by atomic mass is 9.95. The number of aromatic nitrogens is 2. The number of likely N-dealkylation sites (tertiary alicyclic amines) is 1. The number of aromatic amines is 1. The van der Waals surface area contributed by atoms with Gasteiger partial charge in [0.15, 0.2) is 0 Å². The Morgan fingerprint density at radius 1 is 1.13 bits per heavy atom. The Balaban J connectivity index is 1.54. The highest BCUT2D eigenvalue weighted by Gasteiger charge is 2.30. The van der Waals surface area contributed by atoms with Gasteiger partial charge in [0.2, 0.25) is 0 Å². The highest BCUT2D eigenvalue weighted by atomic mass is 16.2. The summed E-state index contributed by atoms with van der Waals surface area (Å²) in [5.41, 5.74) is 5.42. The number of nitrogens with zero attached hydrogens (tertiary/aromatic N) is 3. The molecular weight excluding hydrogens is 372 g/mol. The molecule has 1 fully saturated rings. The normalized spacial score (nSPS) is 17.1. The highest BCUT2D eigenvalue weighted by Crippen LogP contribution is 2.33. The molecule has 156 valence electrons. The lowest BCUT2D eigenvalue weighted by Gasteiger charge is -2.36. The van der Waals surface area contributed by atoms with E-state index in [-0.39, 0.29) is 11.9 Å². The SMILES string of the molecule is Cc1ccccc1CN1CCCC[C@@H]1c1[nH]ncc1C(=O)N(C)Cc1ccccc1. The zero-order valence-corrected chi connectivity index (χ0v) is 17.8. The van der Waals surface area contributed by atoms with Crippen molar-refractivity contribution in [2.45, 2.75) is 45.3 Å². The average molecular weight is 403 g/mol. The van der Waals surface area contributed by atoms with Gasteiger partial charge >= 0.3 is 0 Å². The van der Waals surface area contributed by atoms with Gasteiger partial charge in [-0.3, -0.25) is 14.8 Å². The number of rotatable bonds is 6. The van der Waals surface area contributed by atoms with Gasteiger partial charge < -0.3 is 4.90 Å². The van der Waals surface area contributed by atoms with E-state index in [4.69, 9.17) is 0 Å². The lowest BCUT2D eigenvalue weighted by molar-refractivity contribution is 0.0776. The molecule has 1 amide bonds. The monoisotopic (exact) mass is 402 g/mol. The van der Waals surface area contributed by atoms with Crippen LogP contribution >= 0.6 is 0 Å². The highest BCUT2D eigenvalue weighted by molar-refractivity contribution is 5.95. The molecule has 0 radical (unpaired) electrons. The third-order valence-corrected chi connectivity index (χ3v) is 6.09. The Kier molecular flexibility index (Phi) is 6.29. The zero-order valence-electron chi connectivity index (χ0n) is 17.8. The minimum absolute atomic E-state index is 0.0176. The smallest absolute Gasteiger partial charge is 0.257 e. The molecular formula is C25H30N4O. The van der Waals surface area contributed by atoms with Crippen LogP contribution in [0.15, 0.2) is 60.8 Å². The minimum atomic E-state index is 0.0176. The summed E-state index contributed by atoms with van der Waals surface area (Å²) in [7, 11) is 1.86. The van der Waals surface area contributed by atoms with E-state index in [1.165, 1.54) is 24.0 Å². The molecule has 5 nitrogen and oxygen atoms in total. The van der Waals surface area contributed by atoms with Crippen molar-refractivity contribution in [3.05, 3.63) is 88.7 Å². The number of piperidine rings is 1. The molecule has 1 aliphatic heterocycles. The summed E-state index contributed by atoms with van der Waals surface area (Å²) in [5.74, 6) is 0.0176. The van der Waals surface area contributed by atoms with Crippen molar-refractivity contribution in [1.82, 2.24) is 20.0 Å².